The molecule has 0 radical (unpaired) electrons. The predicted octanol–water partition coefficient (Wildman–Crippen LogP) is 4.94. The molecule has 0 aliphatic heterocycles. The van der Waals surface area contributed by atoms with E-state index in [0.29, 0.717) is 0 Å². The Hall–Kier alpha value is -1.40. The van der Waals surface area contributed by atoms with E-state index in [1.54, 1.807) is 16.9 Å². The van der Waals surface area contributed by atoms with Crippen LogP contribution in [0.2, 0.25) is 0 Å². The second kappa shape index (κ2) is 6.15. The van der Waals surface area contributed by atoms with Gasteiger partial charge in [0, 0.05) is 15.3 Å². The third kappa shape index (κ3) is 3.11. The lowest BCUT2D eigenvalue weighted by molar-refractivity contribution is 0.626. The van der Waals surface area contributed by atoms with Crippen LogP contribution in [-0.2, 0) is 0 Å². The van der Waals surface area contributed by atoms with Crippen molar-refractivity contribution < 1.29 is 4.39 Å². The van der Waals surface area contributed by atoms with Gasteiger partial charge in [-0.3, -0.25) is 0 Å². The number of hydrogen-bond acceptors (Lipinski definition) is 1. The summed E-state index contributed by atoms with van der Waals surface area (Å²) < 4.78 is 15.8. The van der Waals surface area contributed by atoms with Gasteiger partial charge in [0.25, 0.3) is 0 Å². The van der Waals surface area contributed by atoms with E-state index in [1.165, 1.54) is 12.1 Å². The average Bonchev–Trinajstić information content (AvgIpc) is 2.97. The van der Waals surface area contributed by atoms with Gasteiger partial charge in [0.1, 0.15) is 5.82 Å². The summed E-state index contributed by atoms with van der Waals surface area (Å²) in [6, 6.07) is 14.4. The van der Waals surface area contributed by atoms with Gasteiger partial charge in [-0.05, 0) is 52.4 Å². The Balaban J connectivity index is 1.92. The van der Waals surface area contributed by atoms with Crippen LogP contribution in [0.5, 0.6) is 0 Å². The maximum Gasteiger partial charge on any atom is 0.124 e. The second-order valence-electron chi connectivity index (χ2n) is 4.58. The lowest BCUT2D eigenvalue weighted by atomic mass is 10.1. The fraction of sp³-hybridized carbons (Fsp3) is 0.0625. The van der Waals surface area contributed by atoms with Crippen molar-refractivity contribution in [1.82, 2.24) is 9.78 Å². The molecule has 0 aliphatic rings. The van der Waals surface area contributed by atoms with Gasteiger partial charge in [0.15, 0.2) is 0 Å². The number of alkyl halides is 1. The van der Waals surface area contributed by atoms with Gasteiger partial charge in [-0.1, -0.05) is 24.3 Å². The number of benzene rings is 2. The molecule has 0 N–H and O–H groups in total. The molecule has 0 saturated carbocycles. The Morgan fingerprint density at radius 1 is 1.14 bits per heavy atom. The summed E-state index contributed by atoms with van der Waals surface area (Å²) in [4.78, 5) is 0. The maximum atomic E-state index is 13.2. The third-order valence-corrected chi connectivity index (χ3v) is 4.57. The SMILES string of the molecule is Fc1ccc(C(Cl)c2cnn(-c3ccccc3)c2)c(I)c1. The van der Waals surface area contributed by atoms with Crippen LogP contribution in [0.4, 0.5) is 4.39 Å². The predicted molar refractivity (Wildman–Crippen MR) is 90.4 cm³/mol. The van der Waals surface area contributed by atoms with Gasteiger partial charge in [-0.15, -0.1) is 11.6 Å². The minimum absolute atomic E-state index is 0.257. The minimum Gasteiger partial charge on any atom is -0.241 e. The number of para-hydroxylation sites is 1. The van der Waals surface area contributed by atoms with Crippen molar-refractivity contribution >= 4 is 34.2 Å². The largest absolute Gasteiger partial charge is 0.241 e. The third-order valence-electron chi connectivity index (χ3n) is 3.15. The highest BCUT2D eigenvalue weighted by molar-refractivity contribution is 14.1. The summed E-state index contributed by atoms with van der Waals surface area (Å²) in [6.45, 7) is 0. The van der Waals surface area contributed by atoms with E-state index in [-0.39, 0.29) is 11.2 Å². The van der Waals surface area contributed by atoms with E-state index < -0.39 is 0 Å². The summed E-state index contributed by atoms with van der Waals surface area (Å²) in [5, 5.41) is 3.98. The van der Waals surface area contributed by atoms with Gasteiger partial charge in [0.2, 0.25) is 0 Å². The molecule has 1 aromatic heterocycles. The van der Waals surface area contributed by atoms with Crippen LogP contribution >= 0.6 is 34.2 Å². The molecule has 5 heteroatoms. The summed E-state index contributed by atoms with van der Waals surface area (Å²) >= 11 is 8.60. The van der Waals surface area contributed by atoms with Crippen molar-refractivity contribution in [2.45, 2.75) is 5.38 Å². The van der Waals surface area contributed by atoms with E-state index in [0.717, 1.165) is 20.4 Å². The molecule has 0 spiro atoms. The number of aromatic nitrogens is 2. The van der Waals surface area contributed by atoms with Crippen molar-refractivity contribution in [1.29, 1.82) is 0 Å². The quantitative estimate of drug-likeness (QED) is 0.440. The maximum absolute atomic E-state index is 13.2. The van der Waals surface area contributed by atoms with E-state index in [1.807, 2.05) is 36.5 Å². The Morgan fingerprint density at radius 2 is 1.90 bits per heavy atom. The van der Waals surface area contributed by atoms with Crippen LogP contribution in [0.1, 0.15) is 16.5 Å². The van der Waals surface area contributed by atoms with Crippen molar-refractivity contribution in [3.05, 3.63) is 81.4 Å². The molecule has 0 saturated heterocycles. The lowest BCUT2D eigenvalue weighted by Crippen LogP contribution is -1.96. The molecule has 0 amide bonds. The molecule has 0 aliphatic carbocycles. The number of rotatable bonds is 3. The van der Waals surface area contributed by atoms with Crippen LogP contribution in [0.25, 0.3) is 5.69 Å². The monoisotopic (exact) mass is 412 g/mol. The molecule has 1 unspecified atom stereocenters. The summed E-state index contributed by atoms with van der Waals surface area (Å²) in [7, 11) is 0. The van der Waals surface area contributed by atoms with E-state index >= 15 is 0 Å². The fourth-order valence-electron chi connectivity index (χ4n) is 2.08. The van der Waals surface area contributed by atoms with Crippen molar-refractivity contribution in [3.8, 4) is 5.69 Å². The van der Waals surface area contributed by atoms with Crippen LogP contribution in [0, 0.1) is 9.39 Å². The van der Waals surface area contributed by atoms with Gasteiger partial charge in [0.05, 0.1) is 17.3 Å². The second-order valence-corrected chi connectivity index (χ2v) is 6.18. The highest BCUT2D eigenvalue weighted by Gasteiger charge is 2.16. The Kier molecular flexibility index (Phi) is 4.26. The van der Waals surface area contributed by atoms with E-state index in [4.69, 9.17) is 11.6 Å². The van der Waals surface area contributed by atoms with Crippen LogP contribution < -0.4 is 0 Å². The molecule has 3 rings (SSSR count). The summed E-state index contributed by atoms with van der Waals surface area (Å²) in [5.74, 6) is -0.257. The van der Waals surface area contributed by atoms with Crippen molar-refractivity contribution in [2.24, 2.45) is 0 Å². The molecule has 1 atom stereocenters. The Labute approximate surface area is 140 Å². The summed E-state index contributed by atoms with van der Waals surface area (Å²) in [5.41, 5.74) is 2.73. The highest BCUT2D eigenvalue weighted by atomic mass is 127. The molecule has 2 aromatic carbocycles. The molecule has 0 fully saturated rings. The number of nitrogens with zero attached hydrogens (tertiary/aromatic N) is 2. The number of halogens is 3. The molecule has 3 aromatic rings. The first-order chi connectivity index (χ1) is 10.1. The van der Waals surface area contributed by atoms with Gasteiger partial charge >= 0.3 is 0 Å². The van der Waals surface area contributed by atoms with Crippen LogP contribution in [0.15, 0.2) is 60.9 Å². The first-order valence-electron chi connectivity index (χ1n) is 6.34. The fourth-order valence-corrected chi connectivity index (χ4v) is 3.35. The molecule has 1 heterocycles. The van der Waals surface area contributed by atoms with E-state index in [9.17, 15) is 4.39 Å². The van der Waals surface area contributed by atoms with Crippen molar-refractivity contribution in [3.63, 3.8) is 0 Å². The molecule has 106 valence electrons. The van der Waals surface area contributed by atoms with Crippen molar-refractivity contribution in [2.75, 3.05) is 0 Å². The van der Waals surface area contributed by atoms with Gasteiger partial charge in [-0.25, -0.2) is 9.07 Å². The zero-order valence-corrected chi connectivity index (χ0v) is 13.8. The zero-order valence-electron chi connectivity index (χ0n) is 10.9. The molecular weight excluding hydrogens is 402 g/mol. The number of hydrogen-bond donors (Lipinski definition) is 0. The summed E-state index contributed by atoms with van der Waals surface area (Å²) in [6.07, 6.45) is 3.64. The highest BCUT2D eigenvalue weighted by Crippen LogP contribution is 2.32. The van der Waals surface area contributed by atoms with Crippen LogP contribution in [0.3, 0.4) is 0 Å². The Morgan fingerprint density at radius 3 is 2.62 bits per heavy atom. The Bertz CT molecular complexity index is 758. The van der Waals surface area contributed by atoms with Gasteiger partial charge in [-0.2, -0.15) is 5.10 Å². The normalized spacial score (nSPS) is 12.3. The van der Waals surface area contributed by atoms with Gasteiger partial charge < -0.3 is 0 Å². The molecular formula is C16H11ClFIN2. The van der Waals surface area contributed by atoms with Crippen LogP contribution in [-0.4, -0.2) is 9.78 Å². The first kappa shape index (κ1) is 14.5. The topological polar surface area (TPSA) is 17.8 Å². The molecule has 0 bridgehead atoms. The van der Waals surface area contributed by atoms with E-state index in [2.05, 4.69) is 27.7 Å². The lowest BCUT2D eigenvalue weighted by Gasteiger charge is -2.10. The minimum atomic E-state index is -0.352. The smallest absolute Gasteiger partial charge is 0.124 e. The first-order valence-corrected chi connectivity index (χ1v) is 7.85. The molecule has 21 heavy (non-hydrogen) atoms. The molecule has 2 nitrogen and oxygen atoms in total. The standard InChI is InChI=1S/C16H11ClFIN2/c17-16(14-7-6-12(18)8-15(14)19)11-9-20-21(10-11)13-4-2-1-3-5-13/h1-10,16H. The zero-order chi connectivity index (χ0) is 14.8. The average molecular weight is 413 g/mol.